The molecule has 1 unspecified atom stereocenters. The van der Waals surface area contributed by atoms with E-state index in [0.29, 0.717) is 7.93 Å². The number of benzene rings is 1. The van der Waals surface area contributed by atoms with Gasteiger partial charge in [-0.05, 0) is 24.7 Å². The van der Waals surface area contributed by atoms with Crippen LogP contribution in [-0.2, 0) is 0 Å². The minimum absolute atomic E-state index is 0.397. The molecule has 10 heavy (non-hydrogen) atoms. The maximum Gasteiger partial charge on any atom is 0.00686 e. The zero-order chi connectivity index (χ0) is 7.56. The summed E-state index contributed by atoms with van der Waals surface area (Å²) in [6, 6.07) is 6.35. The highest BCUT2D eigenvalue weighted by Gasteiger charge is 1.94. The molecule has 1 rings (SSSR count). The second-order valence-corrected chi connectivity index (χ2v) is 3.71. The molecule has 0 aliphatic carbocycles. The van der Waals surface area contributed by atoms with Crippen LogP contribution in [-0.4, -0.2) is 0 Å². The highest BCUT2D eigenvalue weighted by atomic mass is 35.7. The summed E-state index contributed by atoms with van der Waals surface area (Å²) in [7, 11) is 0.397. The molecule has 0 amide bonds. The summed E-state index contributed by atoms with van der Waals surface area (Å²) in [5.74, 6) is 0. The third-order valence-corrected chi connectivity index (χ3v) is 2.86. The lowest BCUT2D eigenvalue weighted by molar-refractivity contribution is 1.41. The molecule has 0 saturated carbocycles. The molecular formula is C8H10ClP. The molecule has 0 aliphatic rings. The molecule has 0 heterocycles. The monoisotopic (exact) mass is 172 g/mol. The average molecular weight is 173 g/mol. The van der Waals surface area contributed by atoms with Gasteiger partial charge in [0.15, 0.2) is 0 Å². The van der Waals surface area contributed by atoms with E-state index in [1.54, 1.807) is 0 Å². The van der Waals surface area contributed by atoms with Gasteiger partial charge in [0, 0.05) is 7.93 Å². The molecule has 0 aromatic heterocycles. The van der Waals surface area contributed by atoms with E-state index in [1.165, 1.54) is 16.4 Å². The minimum atomic E-state index is 0.397. The molecule has 0 radical (unpaired) electrons. The lowest BCUT2D eigenvalue weighted by Crippen LogP contribution is -1.97. The molecule has 0 N–H and O–H groups in total. The van der Waals surface area contributed by atoms with Crippen molar-refractivity contribution in [1.82, 2.24) is 0 Å². The molecule has 0 saturated heterocycles. The summed E-state index contributed by atoms with van der Waals surface area (Å²) in [6.45, 7) is 4.19. The van der Waals surface area contributed by atoms with Gasteiger partial charge in [0.1, 0.15) is 0 Å². The van der Waals surface area contributed by atoms with E-state index in [-0.39, 0.29) is 0 Å². The number of rotatable bonds is 1. The standard InChI is InChI=1S/C8H10ClP/c1-6-3-4-8(10-9)7(2)5-6/h3-5,10H,1-2H3. The van der Waals surface area contributed by atoms with Crippen molar-refractivity contribution >= 4 is 24.5 Å². The van der Waals surface area contributed by atoms with Crippen LogP contribution in [0.4, 0.5) is 0 Å². The summed E-state index contributed by atoms with van der Waals surface area (Å²) in [6.07, 6.45) is 0. The van der Waals surface area contributed by atoms with Gasteiger partial charge in [0.25, 0.3) is 0 Å². The fraction of sp³-hybridized carbons (Fsp3) is 0.250. The first-order valence-corrected chi connectivity index (χ1v) is 5.19. The van der Waals surface area contributed by atoms with Gasteiger partial charge < -0.3 is 0 Å². The van der Waals surface area contributed by atoms with Crippen molar-refractivity contribution in [3.05, 3.63) is 29.3 Å². The lowest BCUT2D eigenvalue weighted by Gasteiger charge is -2.00. The van der Waals surface area contributed by atoms with Crippen LogP contribution in [0.2, 0.25) is 0 Å². The average Bonchev–Trinajstić information content (AvgIpc) is 1.88. The SMILES string of the molecule is Cc1ccc(PCl)c(C)c1. The maximum absolute atomic E-state index is 5.71. The van der Waals surface area contributed by atoms with Gasteiger partial charge >= 0.3 is 0 Å². The molecule has 1 atom stereocenters. The maximum atomic E-state index is 5.71. The molecule has 1 aromatic rings. The van der Waals surface area contributed by atoms with Crippen LogP contribution in [0.1, 0.15) is 11.1 Å². The van der Waals surface area contributed by atoms with Gasteiger partial charge in [-0.3, -0.25) is 0 Å². The van der Waals surface area contributed by atoms with Crippen LogP contribution in [0.3, 0.4) is 0 Å². The van der Waals surface area contributed by atoms with Crippen molar-refractivity contribution in [2.24, 2.45) is 0 Å². The highest BCUT2D eigenvalue weighted by molar-refractivity contribution is 7.75. The van der Waals surface area contributed by atoms with E-state index in [0.717, 1.165) is 0 Å². The number of hydrogen-bond donors (Lipinski definition) is 0. The molecule has 2 heteroatoms. The third kappa shape index (κ3) is 1.71. The van der Waals surface area contributed by atoms with E-state index in [9.17, 15) is 0 Å². The molecule has 0 spiro atoms. The Kier molecular flexibility index (Phi) is 2.71. The van der Waals surface area contributed by atoms with Crippen molar-refractivity contribution in [2.45, 2.75) is 13.8 Å². The molecule has 0 nitrogen and oxygen atoms in total. The molecule has 54 valence electrons. The largest absolute Gasteiger partial charge is 0.0948 e. The third-order valence-electron chi connectivity index (χ3n) is 1.48. The van der Waals surface area contributed by atoms with E-state index in [4.69, 9.17) is 11.2 Å². The Bertz CT molecular complexity index is 233. The summed E-state index contributed by atoms with van der Waals surface area (Å²) < 4.78 is 0. The van der Waals surface area contributed by atoms with E-state index in [2.05, 4.69) is 32.0 Å². The summed E-state index contributed by atoms with van der Waals surface area (Å²) in [4.78, 5) is 0. The van der Waals surface area contributed by atoms with Gasteiger partial charge in [-0.15, -0.1) is 0 Å². The first-order chi connectivity index (χ1) is 4.74. The van der Waals surface area contributed by atoms with Gasteiger partial charge in [-0.1, -0.05) is 35.0 Å². The number of halogens is 1. The Hall–Kier alpha value is -0.0600. The van der Waals surface area contributed by atoms with E-state index < -0.39 is 0 Å². The lowest BCUT2D eigenvalue weighted by atomic mass is 10.2. The Morgan fingerprint density at radius 1 is 1.30 bits per heavy atom. The zero-order valence-corrected chi connectivity index (χ0v) is 7.87. The minimum Gasteiger partial charge on any atom is -0.0948 e. The smallest absolute Gasteiger partial charge is 0.00686 e. The summed E-state index contributed by atoms with van der Waals surface area (Å²) in [5.41, 5.74) is 2.60. The molecule has 0 bridgehead atoms. The van der Waals surface area contributed by atoms with Crippen molar-refractivity contribution in [3.63, 3.8) is 0 Å². The van der Waals surface area contributed by atoms with Crippen molar-refractivity contribution in [1.29, 1.82) is 0 Å². The predicted molar refractivity (Wildman–Crippen MR) is 49.7 cm³/mol. The second kappa shape index (κ2) is 3.37. The van der Waals surface area contributed by atoms with Crippen LogP contribution in [0, 0.1) is 13.8 Å². The van der Waals surface area contributed by atoms with E-state index in [1.807, 2.05) is 0 Å². The van der Waals surface area contributed by atoms with Crippen molar-refractivity contribution < 1.29 is 0 Å². The van der Waals surface area contributed by atoms with Crippen LogP contribution in [0.15, 0.2) is 18.2 Å². The van der Waals surface area contributed by atoms with Crippen LogP contribution in [0.5, 0.6) is 0 Å². The highest BCUT2D eigenvalue weighted by Crippen LogP contribution is 2.18. The Balaban J connectivity index is 3.07. The molecule has 1 aromatic carbocycles. The zero-order valence-electron chi connectivity index (χ0n) is 6.11. The Morgan fingerprint density at radius 3 is 2.50 bits per heavy atom. The Morgan fingerprint density at radius 2 is 2.00 bits per heavy atom. The summed E-state index contributed by atoms with van der Waals surface area (Å²) >= 11 is 5.71. The van der Waals surface area contributed by atoms with Crippen molar-refractivity contribution in [3.8, 4) is 0 Å². The van der Waals surface area contributed by atoms with Gasteiger partial charge in [0.2, 0.25) is 0 Å². The van der Waals surface area contributed by atoms with Gasteiger partial charge in [0.05, 0.1) is 0 Å². The summed E-state index contributed by atoms with van der Waals surface area (Å²) in [5, 5.41) is 1.26. The quantitative estimate of drug-likeness (QED) is 0.572. The fourth-order valence-corrected chi connectivity index (χ4v) is 1.92. The van der Waals surface area contributed by atoms with Crippen LogP contribution >= 0.6 is 19.2 Å². The van der Waals surface area contributed by atoms with E-state index >= 15 is 0 Å². The number of aryl methyl sites for hydroxylation is 2. The molecular weight excluding hydrogens is 163 g/mol. The Labute approximate surface area is 68.2 Å². The second-order valence-electron chi connectivity index (χ2n) is 2.41. The first-order valence-electron chi connectivity index (χ1n) is 3.18. The van der Waals surface area contributed by atoms with Crippen molar-refractivity contribution in [2.75, 3.05) is 0 Å². The van der Waals surface area contributed by atoms with Crippen LogP contribution < -0.4 is 5.30 Å². The van der Waals surface area contributed by atoms with Gasteiger partial charge in [-0.25, -0.2) is 0 Å². The topological polar surface area (TPSA) is 0 Å². The molecule has 0 aliphatic heterocycles. The predicted octanol–water partition coefficient (Wildman–Crippen LogP) is 2.76. The van der Waals surface area contributed by atoms with Crippen LogP contribution in [0.25, 0.3) is 0 Å². The fourth-order valence-electron chi connectivity index (χ4n) is 0.920. The normalized spacial score (nSPS) is 11.1. The number of hydrogen-bond acceptors (Lipinski definition) is 0. The van der Waals surface area contributed by atoms with Gasteiger partial charge in [-0.2, -0.15) is 0 Å². The first kappa shape index (κ1) is 8.04. The molecule has 0 fully saturated rings.